The first-order valence-electron chi connectivity index (χ1n) is 5.68. The summed E-state index contributed by atoms with van der Waals surface area (Å²) >= 11 is 0. The molecule has 0 aliphatic heterocycles. The van der Waals surface area contributed by atoms with Gasteiger partial charge in [0, 0.05) is 5.56 Å². The third-order valence-corrected chi connectivity index (χ3v) is 2.38. The molecule has 0 fully saturated rings. The molecule has 0 spiro atoms. The van der Waals surface area contributed by atoms with Crippen LogP contribution >= 0.6 is 0 Å². The van der Waals surface area contributed by atoms with Crippen molar-refractivity contribution in [3.05, 3.63) is 46.8 Å². The molecule has 1 N–H and O–H groups in total. The molecular weight excluding hydrogens is 235 g/mol. The first-order chi connectivity index (χ1) is 8.70. The van der Waals surface area contributed by atoms with Crippen molar-refractivity contribution in [2.75, 3.05) is 6.61 Å². The maximum absolute atomic E-state index is 13.5. The van der Waals surface area contributed by atoms with Crippen molar-refractivity contribution >= 4 is 0 Å². The number of hydrogen-bond acceptors (Lipinski definition) is 3. The van der Waals surface area contributed by atoms with Gasteiger partial charge >= 0.3 is 5.69 Å². The molecule has 0 atom stereocenters. The third kappa shape index (κ3) is 2.74. The van der Waals surface area contributed by atoms with E-state index in [2.05, 4.69) is 9.97 Å². The molecule has 0 radical (unpaired) electrons. The van der Waals surface area contributed by atoms with Crippen LogP contribution in [0.2, 0.25) is 0 Å². The fraction of sp³-hybridized carbons (Fsp3) is 0.231. The molecule has 0 saturated carbocycles. The molecule has 1 heterocycles. The Morgan fingerprint density at radius 3 is 2.72 bits per heavy atom. The van der Waals surface area contributed by atoms with Gasteiger partial charge in [-0.15, -0.1) is 0 Å². The molecule has 18 heavy (non-hydrogen) atoms. The number of rotatable bonds is 4. The summed E-state index contributed by atoms with van der Waals surface area (Å²) in [7, 11) is 0. The van der Waals surface area contributed by atoms with Gasteiger partial charge in [-0.05, 0) is 30.7 Å². The minimum absolute atomic E-state index is 0.136. The average Bonchev–Trinajstić information content (AvgIpc) is 2.40. The summed E-state index contributed by atoms with van der Waals surface area (Å²) in [5.41, 5.74) is 0.144. The molecule has 0 aliphatic rings. The Morgan fingerprint density at radius 2 is 2.06 bits per heavy atom. The SMILES string of the molecule is CCCOc1ccc(-c2[nH]c(=O)ncc2F)cc1. The molecular formula is C13H13FN2O2. The van der Waals surface area contributed by atoms with Crippen molar-refractivity contribution in [3.8, 4) is 17.0 Å². The second-order valence-corrected chi connectivity index (χ2v) is 3.78. The molecule has 0 unspecified atom stereocenters. The Balaban J connectivity index is 2.28. The lowest BCUT2D eigenvalue weighted by Crippen LogP contribution is -2.11. The van der Waals surface area contributed by atoms with Gasteiger partial charge in [0.25, 0.3) is 0 Å². The molecule has 1 aromatic carbocycles. The van der Waals surface area contributed by atoms with Crippen LogP contribution < -0.4 is 10.4 Å². The molecule has 4 nitrogen and oxygen atoms in total. The van der Waals surface area contributed by atoms with Crippen molar-refractivity contribution in [1.29, 1.82) is 0 Å². The van der Waals surface area contributed by atoms with Crippen molar-refractivity contribution < 1.29 is 9.13 Å². The van der Waals surface area contributed by atoms with E-state index in [9.17, 15) is 9.18 Å². The Morgan fingerprint density at radius 1 is 1.33 bits per heavy atom. The largest absolute Gasteiger partial charge is 0.494 e. The fourth-order valence-corrected chi connectivity index (χ4v) is 1.53. The average molecular weight is 248 g/mol. The topological polar surface area (TPSA) is 55.0 Å². The van der Waals surface area contributed by atoms with Crippen LogP contribution in [0.4, 0.5) is 4.39 Å². The van der Waals surface area contributed by atoms with Crippen LogP contribution in [0.3, 0.4) is 0 Å². The Labute approximate surface area is 103 Å². The smallest absolute Gasteiger partial charge is 0.345 e. The lowest BCUT2D eigenvalue weighted by atomic mass is 10.1. The standard InChI is InChI=1S/C13H13FN2O2/c1-2-7-18-10-5-3-9(4-6-10)12-11(14)8-15-13(17)16-12/h3-6,8H,2,7H2,1H3,(H,15,16,17). The quantitative estimate of drug-likeness (QED) is 0.903. The molecule has 0 amide bonds. The van der Waals surface area contributed by atoms with Crippen LogP contribution in [0, 0.1) is 5.82 Å². The van der Waals surface area contributed by atoms with E-state index in [1.165, 1.54) is 0 Å². The zero-order valence-electron chi connectivity index (χ0n) is 9.94. The summed E-state index contributed by atoms with van der Waals surface area (Å²) in [5, 5.41) is 0. The van der Waals surface area contributed by atoms with Crippen molar-refractivity contribution in [2.24, 2.45) is 0 Å². The fourth-order valence-electron chi connectivity index (χ4n) is 1.53. The van der Waals surface area contributed by atoms with Crippen LogP contribution in [0.5, 0.6) is 5.75 Å². The number of halogens is 1. The van der Waals surface area contributed by atoms with Crippen molar-refractivity contribution in [2.45, 2.75) is 13.3 Å². The van der Waals surface area contributed by atoms with Gasteiger partial charge in [-0.2, -0.15) is 4.98 Å². The summed E-state index contributed by atoms with van der Waals surface area (Å²) in [6, 6.07) is 6.87. The van der Waals surface area contributed by atoms with Gasteiger partial charge in [0.2, 0.25) is 0 Å². The minimum Gasteiger partial charge on any atom is -0.494 e. The number of H-pyrrole nitrogens is 1. The highest BCUT2D eigenvalue weighted by molar-refractivity contribution is 5.60. The number of hydrogen-bond donors (Lipinski definition) is 1. The van der Waals surface area contributed by atoms with Gasteiger partial charge < -0.3 is 9.72 Å². The lowest BCUT2D eigenvalue weighted by Gasteiger charge is -2.06. The second kappa shape index (κ2) is 5.44. The highest BCUT2D eigenvalue weighted by Gasteiger charge is 2.06. The van der Waals surface area contributed by atoms with E-state index in [0.29, 0.717) is 12.2 Å². The first kappa shape index (κ1) is 12.3. The maximum Gasteiger partial charge on any atom is 0.345 e. The van der Waals surface area contributed by atoms with E-state index in [-0.39, 0.29) is 5.69 Å². The zero-order valence-corrected chi connectivity index (χ0v) is 9.94. The van der Waals surface area contributed by atoms with Crippen LogP contribution in [0.25, 0.3) is 11.3 Å². The van der Waals surface area contributed by atoms with Crippen molar-refractivity contribution in [3.63, 3.8) is 0 Å². The summed E-state index contributed by atoms with van der Waals surface area (Å²) in [4.78, 5) is 16.8. The Hall–Kier alpha value is -2.17. The summed E-state index contributed by atoms with van der Waals surface area (Å²) < 4.78 is 18.9. The van der Waals surface area contributed by atoms with E-state index in [1.54, 1.807) is 24.3 Å². The molecule has 0 bridgehead atoms. The lowest BCUT2D eigenvalue weighted by molar-refractivity contribution is 0.317. The number of nitrogens with one attached hydrogen (secondary N) is 1. The highest BCUT2D eigenvalue weighted by atomic mass is 19.1. The van der Waals surface area contributed by atoms with Gasteiger partial charge in [-0.25, -0.2) is 9.18 Å². The van der Waals surface area contributed by atoms with Gasteiger partial charge in [0.05, 0.1) is 18.5 Å². The van der Waals surface area contributed by atoms with Crippen LogP contribution in [-0.4, -0.2) is 16.6 Å². The van der Waals surface area contributed by atoms with Crippen LogP contribution in [0.15, 0.2) is 35.3 Å². The van der Waals surface area contributed by atoms with E-state index in [0.717, 1.165) is 18.4 Å². The van der Waals surface area contributed by atoms with Gasteiger partial charge in [-0.3, -0.25) is 0 Å². The number of benzene rings is 1. The number of aromatic nitrogens is 2. The number of nitrogens with zero attached hydrogens (tertiary/aromatic N) is 1. The second-order valence-electron chi connectivity index (χ2n) is 3.78. The van der Waals surface area contributed by atoms with Gasteiger partial charge in [0.15, 0.2) is 5.82 Å². The first-order valence-corrected chi connectivity index (χ1v) is 5.68. The Kier molecular flexibility index (Phi) is 3.72. The molecule has 5 heteroatoms. The summed E-state index contributed by atoms with van der Waals surface area (Å²) in [6.45, 7) is 2.66. The number of aromatic amines is 1. The normalized spacial score (nSPS) is 10.3. The monoisotopic (exact) mass is 248 g/mol. The molecule has 0 saturated heterocycles. The highest BCUT2D eigenvalue weighted by Crippen LogP contribution is 2.21. The van der Waals surface area contributed by atoms with Crippen LogP contribution in [-0.2, 0) is 0 Å². The molecule has 0 aliphatic carbocycles. The minimum atomic E-state index is -0.572. The van der Waals surface area contributed by atoms with E-state index in [1.807, 2.05) is 6.92 Å². The predicted octanol–water partition coefficient (Wildman–Crippen LogP) is 2.36. The van der Waals surface area contributed by atoms with E-state index < -0.39 is 11.5 Å². The van der Waals surface area contributed by atoms with Crippen molar-refractivity contribution in [1.82, 2.24) is 9.97 Å². The number of ether oxygens (including phenoxy) is 1. The molecule has 1 aromatic heterocycles. The van der Waals surface area contributed by atoms with Crippen LogP contribution in [0.1, 0.15) is 13.3 Å². The maximum atomic E-state index is 13.5. The third-order valence-electron chi connectivity index (χ3n) is 2.38. The molecule has 94 valence electrons. The predicted molar refractivity (Wildman–Crippen MR) is 66.0 cm³/mol. The Bertz CT molecular complexity index is 578. The molecule has 2 rings (SSSR count). The van der Waals surface area contributed by atoms with E-state index >= 15 is 0 Å². The summed E-state index contributed by atoms with van der Waals surface area (Å²) in [5.74, 6) is 0.161. The van der Waals surface area contributed by atoms with E-state index in [4.69, 9.17) is 4.74 Å². The van der Waals surface area contributed by atoms with Gasteiger partial charge in [-0.1, -0.05) is 6.92 Å². The van der Waals surface area contributed by atoms with Gasteiger partial charge in [0.1, 0.15) is 5.75 Å². The summed E-state index contributed by atoms with van der Waals surface area (Å²) in [6.07, 6.45) is 1.84. The zero-order chi connectivity index (χ0) is 13.0. The molecule has 2 aromatic rings.